The lowest BCUT2D eigenvalue weighted by molar-refractivity contribution is 0.100. The molecule has 2 rings (SSSR count). The van der Waals surface area contributed by atoms with Crippen molar-refractivity contribution in [3.8, 4) is 0 Å². The summed E-state index contributed by atoms with van der Waals surface area (Å²) in [5, 5.41) is 3.91. The second-order valence-electron chi connectivity index (χ2n) is 5.34. The average molecular weight is 281 g/mol. The van der Waals surface area contributed by atoms with Crippen LogP contribution in [0.2, 0.25) is 5.02 Å². The quantitative estimate of drug-likeness (QED) is 0.881. The number of anilines is 1. The lowest BCUT2D eigenvalue weighted by atomic mass is 9.84. The first kappa shape index (κ1) is 14.2. The number of nitrogens with one attached hydrogen (secondary N) is 1. The Balaban J connectivity index is 2.06. The topological polar surface area (TPSA) is 55.1 Å². The highest BCUT2D eigenvalue weighted by Crippen LogP contribution is 2.29. The van der Waals surface area contributed by atoms with Crippen LogP contribution in [0, 0.1) is 5.92 Å². The van der Waals surface area contributed by atoms with Crippen LogP contribution in [-0.4, -0.2) is 11.9 Å². The number of benzene rings is 1. The minimum absolute atomic E-state index is 0.384. The van der Waals surface area contributed by atoms with Gasteiger partial charge in [-0.1, -0.05) is 37.8 Å². The van der Waals surface area contributed by atoms with Gasteiger partial charge < -0.3 is 11.1 Å². The minimum Gasteiger partial charge on any atom is -0.382 e. The van der Waals surface area contributed by atoms with Crippen LogP contribution in [0.25, 0.3) is 0 Å². The molecule has 104 valence electrons. The highest BCUT2D eigenvalue weighted by molar-refractivity contribution is 6.33. The molecule has 1 aromatic carbocycles. The predicted octanol–water partition coefficient (Wildman–Crippen LogP) is 3.82. The van der Waals surface area contributed by atoms with Gasteiger partial charge in [0.15, 0.2) is 0 Å². The summed E-state index contributed by atoms with van der Waals surface area (Å²) in [5.74, 6) is 0.331. The molecule has 0 aromatic heterocycles. The highest BCUT2D eigenvalue weighted by Gasteiger charge is 2.20. The average Bonchev–Trinajstić information content (AvgIpc) is 2.41. The van der Waals surface area contributed by atoms with E-state index in [1.54, 1.807) is 12.1 Å². The van der Waals surface area contributed by atoms with Crippen LogP contribution in [0.5, 0.6) is 0 Å². The summed E-state index contributed by atoms with van der Waals surface area (Å²) >= 11 is 5.95. The zero-order chi connectivity index (χ0) is 13.8. The fraction of sp³-hybridized carbons (Fsp3) is 0.533. The van der Waals surface area contributed by atoms with Crippen molar-refractivity contribution in [1.29, 1.82) is 0 Å². The Kier molecular flexibility index (Phi) is 4.70. The molecule has 2 atom stereocenters. The predicted molar refractivity (Wildman–Crippen MR) is 79.6 cm³/mol. The number of carbonyl (C=O) groups excluding carboxylic acids is 1. The third-order valence-corrected chi connectivity index (χ3v) is 4.29. The van der Waals surface area contributed by atoms with E-state index in [-0.39, 0.29) is 0 Å². The molecule has 0 spiro atoms. The normalized spacial score (nSPS) is 23.1. The number of hydrogen-bond donors (Lipinski definition) is 2. The van der Waals surface area contributed by atoms with Crippen molar-refractivity contribution < 1.29 is 4.79 Å². The standard InChI is InChI=1S/C15H21ClN2O/c1-2-10-4-3-5-11(8-10)18-12-6-7-14(16)13(9-12)15(17)19/h6-7,9-11,18H,2-5,8H2,1H3,(H2,17,19). The number of nitrogens with two attached hydrogens (primary N) is 1. The second-order valence-corrected chi connectivity index (χ2v) is 5.75. The molecule has 1 fully saturated rings. The van der Waals surface area contributed by atoms with Gasteiger partial charge in [-0.2, -0.15) is 0 Å². The maximum Gasteiger partial charge on any atom is 0.250 e. The molecule has 3 N–H and O–H groups in total. The van der Waals surface area contributed by atoms with Crippen LogP contribution in [-0.2, 0) is 0 Å². The third kappa shape index (κ3) is 3.63. The zero-order valence-electron chi connectivity index (χ0n) is 11.3. The number of amides is 1. The second kappa shape index (κ2) is 6.29. The number of halogens is 1. The van der Waals surface area contributed by atoms with Crippen molar-refractivity contribution in [3.05, 3.63) is 28.8 Å². The first-order valence-corrected chi connectivity index (χ1v) is 7.33. The Morgan fingerprint density at radius 2 is 2.26 bits per heavy atom. The third-order valence-electron chi connectivity index (χ3n) is 3.96. The van der Waals surface area contributed by atoms with E-state index >= 15 is 0 Å². The largest absolute Gasteiger partial charge is 0.382 e. The van der Waals surface area contributed by atoms with Crippen molar-refractivity contribution in [2.75, 3.05) is 5.32 Å². The van der Waals surface area contributed by atoms with E-state index in [1.165, 1.54) is 32.1 Å². The molecule has 0 bridgehead atoms. The number of primary amides is 1. The van der Waals surface area contributed by atoms with Gasteiger partial charge in [0, 0.05) is 11.7 Å². The van der Waals surface area contributed by atoms with Crippen molar-refractivity contribution in [3.63, 3.8) is 0 Å². The fourth-order valence-corrected chi connectivity index (χ4v) is 3.04. The van der Waals surface area contributed by atoms with Crippen LogP contribution in [0.4, 0.5) is 5.69 Å². The van der Waals surface area contributed by atoms with E-state index in [4.69, 9.17) is 17.3 Å². The molecule has 1 aliphatic rings. The molecule has 0 saturated heterocycles. The Labute approximate surface area is 119 Å². The Morgan fingerprint density at radius 3 is 2.95 bits per heavy atom. The lowest BCUT2D eigenvalue weighted by Gasteiger charge is -2.30. The summed E-state index contributed by atoms with van der Waals surface area (Å²) in [6.07, 6.45) is 6.23. The van der Waals surface area contributed by atoms with Gasteiger partial charge in [0.05, 0.1) is 10.6 Å². The molecule has 4 heteroatoms. The lowest BCUT2D eigenvalue weighted by Crippen LogP contribution is -2.27. The van der Waals surface area contributed by atoms with Gasteiger partial charge in [0.25, 0.3) is 0 Å². The van der Waals surface area contributed by atoms with Gasteiger partial charge in [-0.3, -0.25) is 4.79 Å². The van der Waals surface area contributed by atoms with E-state index in [1.807, 2.05) is 6.07 Å². The zero-order valence-corrected chi connectivity index (χ0v) is 12.0. The molecule has 1 saturated carbocycles. The van der Waals surface area contributed by atoms with Crippen molar-refractivity contribution in [1.82, 2.24) is 0 Å². The van der Waals surface area contributed by atoms with E-state index < -0.39 is 5.91 Å². The molecule has 1 aromatic rings. The number of hydrogen-bond acceptors (Lipinski definition) is 2. The first-order chi connectivity index (χ1) is 9.10. The SMILES string of the molecule is CCC1CCCC(Nc2ccc(Cl)c(C(N)=O)c2)C1. The summed E-state index contributed by atoms with van der Waals surface area (Å²) in [5.41, 5.74) is 6.62. The van der Waals surface area contributed by atoms with Crippen molar-refractivity contribution >= 4 is 23.2 Å². The maximum atomic E-state index is 11.3. The van der Waals surface area contributed by atoms with Crippen LogP contribution in [0.1, 0.15) is 49.4 Å². The van der Waals surface area contributed by atoms with Gasteiger partial charge in [0.1, 0.15) is 0 Å². The van der Waals surface area contributed by atoms with Crippen LogP contribution < -0.4 is 11.1 Å². The minimum atomic E-state index is -0.483. The van der Waals surface area contributed by atoms with E-state index in [0.29, 0.717) is 16.6 Å². The maximum absolute atomic E-state index is 11.3. The summed E-state index contributed by atoms with van der Waals surface area (Å²) in [6, 6.07) is 5.87. The molecule has 3 nitrogen and oxygen atoms in total. The molecule has 1 amide bonds. The molecular formula is C15H21ClN2O. The van der Waals surface area contributed by atoms with Gasteiger partial charge >= 0.3 is 0 Å². The van der Waals surface area contributed by atoms with Crippen LogP contribution in [0.3, 0.4) is 0 Å². The van der Waals surface area contributed by atoms with Gasteiger partial charge in [-0.05, 0) is 37.0 Å². The number of rotatable bonds is 4. The molecule has 0 aliphatic heterocycles. The molecule has 19 heavy (non-hydrogen) atoms. The van der Waals surface area contributed by atoms with Crippen molar-refractivity contribution in [2.24, 2.45) is 11.7 Å². The first-order valence-electron chi connectivity index (χ1n) is 6.96. The Bertz CT molecular complexity index is 461. The summed E-state index contributed by atoms with van der Waals surface area (Å²) in [4.78, 5) is 11.3. The van der Waals surface area contributed by atoms with Gasteiger partial charge in [-0.15, -0.1) is 0 Å². The Morgan fingerprint density at radius 1 is 1.47 bits per heavy atom. The summed E-state index contributed by atoms with van der Waals surface area (Å²) < 4.78 is 0. The van der Waals surface area contributed by atoms with Crippen LogP contribution in [0.15, 0.2) is 18.2 Å². The fourth-order valence-electron chi connectivity index (χ4n) is 2.83. The molecular weight excluding hydrogens is 260 g/mol. The number of carbonyl (C=O) groups is 1. The molecule has 0 heterocycles. The van der Waals surface area contributed by atoms with E-state index in [9.17, 15) is 4.79 Å². The Hall–Kier alpha value is -1.22. The summed E-state index contributed by atoms with van der Waals surface area (Å²) in [7, 11) is 0. The van der Waals surface area contributed by atoms with Gasteiger partial charge in [0.2, 0.25) is 5.91 Å². The van der Waals surface area contributed by atoms with E-state index in [0.717, 1.165) is 11.6 Å². The highest BCUT2D eigenvalue weighted by atomic mass is 35.5. The molecule has 1 aliphatic carbocycles. The van der Waals surface area contributed by atoms with E-state index in [2.05, 4.69) is 12.2 Å². The monoisotopic (exact) mass is 280 g/mol. The molecule has 2 unspecified atom stereocenters. The smallest absolute Gasteiger partial charge is 0.250 e. The van der Waals surface area contributed by atoms with Gasteiger partial charge in [-0.25, -0.2) is 0 Å². The molecule has 0 radical (unpaired) electrons. The van der Waals surface area contributed by atoms with Crippen LogP contribution >= 0.6 is 11.6 Å². The summed E-state index contributed by atoms with van der Waals surface area (Å²) in [6.45, 7) is 2.25. The van der Waals surface area contributed by atoms with Crippen molar-refractivity contribution in [2.45, 2.75) is 45.1 Å².